The van der Waals surface area contributed by atoms with E-state index in [9.17, 15) is 13.2 Å². The van der Waals surface area contributed by atoms with Crippen LogP contribution in [-0.2, 0) is 14.8 Å². The third-order valence-electron chi connectivity index (χ3n) is 3.56. The molecule has 0 aliphatic rings. The lowest BCUT2D eigenvalue weighted by Crippen LogP contribution is -2.47. The van der Waals surface area contributed by atoms with Crippen molar-refractivity contribution in [1.29, 1.82) is 0 Å². The SMILES string of the molecule is CCCCN(C)C(=O)C(CC)NS(=O)(=O)c1ccc(C)cc1. The Morgan fingerprint density at radius 2 is 1.82 bits per heavy atom. The standard InChI is InChI=1S/C16H26N2O3S/c1-5-7-12-18(4)16(19)15(6-2)17-22(20,21)14-10-8-13(3)9-11-14/h8-11,15,17H,5-7,12H2,1-4H3. The van der Waals surface area contributed by atoms with Crippen LogP contribution in [-0.4, -0.2) is 38.9 Å². The Kier molecular flexibility index (Phi) is 7.03. The van der Waals surface area contributed by atoms with Crippen LogP contribution < -0.4 is 4.72 Å². The minimum absolute atomic E-state index is 0.181. The summed E-state index contributed by atoms with van der Waals surface area (Å²) in [7, 11) is -1.98. The molecule has 0 saturated carbocycles. The number of unbranched alkanes of at least 4 members (excludes halogenated alkanes) is 1. The summed E-state index contributed by atoms with van der Waals surface area (Å²) in [5, 5.41) is 0. The molecule has 0 bridgehead atoms. The number of carbonyl (C=O) groups excluding carboxylic acids is 1. The van der Waals surface area contributed by atoms with Crippen molar-refractivity contribution in [3.63, 3.8) is 0 Å². The van der Waals surface area contributed by atoms with Crippen LogP contribution in [0.1, 0.15) is 38.7 Å². The summed E-state index contributed by atoms with van der Waals surface area (Å²) in [6, 6.07) is 5.86. The molecule has 22 heavy (non-hydrogen) atoms. The monoisotopic (exact) mass is 326 g/mol. The summed E-state index contributed by atoms with van der Waals surface area (Å²) in [5.41, 5.74) is 0.987. The molecule has 1 aromatic rings. The van der Waals surface area contributed by atoms with Crippen LogP contribution in [0.25, 0.3) is 0 Å². The molecule has 1 amide bonds. The molecule has 1 unspecified atom stereocenters. The summed E-state index contributed by atoms with van der Waals surface area (Å²) in [6.07, 6.45) is 2.31. The predicted octanol–water partition coefficient (Wildman–Crippen LogP) is 2.31. The molecule has 0 aliphatic carbocycles. The molecule has 6 heteroatoms. The van der Waals surface area contributed by atoms with Crippen molar-refractivity contribution >= 4 is 15.9 Å². The Bertz CT molecular complexity index is 582. The van der Waals surface area contributed by atoms with E-state index in [1.54, 1.807) is 43.1 Å². The highest BCUT2D eigenvalue weighted by Gasteiger charge is 2.26. The summed E-state index contributed by atoms with van der Waals surface area (Å²) < 4.78 is 27.3. The Balaban J connectivity index is 2.84. The fourth-order valence-electron chi connectivity index (χ4n) is 2.05. The fraction of sp³-hybridized carbons (Fsp3) is 0.562. The van der Waals surface area contributed by atoms with Crippen molar-refractivity contribution in [3.8, 4) is 0 Å². The Morgan fingerprint density at radius 3 is 2.32 bits per heavy atom. The van der Waals surface area contributed by atoms with E-state index in [-0.39, 0.29) is 10.8 Å². The van der Waals surface area contributed by atoms with Gasteiger partial charge in [0.2, 0.25) is 15.9 Å². The summed E-state index contributed by atoms with van der Waals surface area (Å²) in [4.78, 5) is 14.1. The van der Waals surface area contributed by atoms with Crippen LogP contribution in [0.5, 0.6) is 0 Å². The number of benzene rings is 1. The van der Waals surface area contributed by atoms with Gasteiger partial charge in [0.25, 0.3) is 0 Å². The lowest BCUT2D eigenvalue weighted by molar-refractivity contribution is -0.131. The molecule has 0 fully saturated rings. The highest BCUT2D eigenvalue weighted by molar-refractivity contribution is 7.89. The molecular formula is C16H26N2O3S. The quantitative estimate of drug-likeness (QED) is 0.797. The summed E-state index contributed by atoms with van der Waals surface area (Å²) in [5.74, 6) is -0.188. The first-order chi connectivity index (χ1) is 10.3. The first-order valence-electron chi connectivity index (χ1n) is 7.65. The molecule has 1 rings (SSSR count). The van der Waals surface area contributed by atoms with E-state index < -0.39 is 16.1 Å². The lowest BCUT2D eigenvalue weighted by Gasteiger charge is -2.23. The number of hydrogen-bond donors (Lipinski definition) is 1. The van der Waals surface area contributed by atoms with Gasteiger partial charge in [-0.15, -0.1) is 0 Å². The molecule has 5 nitrogen and oxygen atoms in total. The number of amides is 1. The number of sulfonamides is 1. The highest BCUT2D eigenvalue weighted by Crippen LogP contribution is 2.12. The zero-order valence-corrected chi connectivity index (χ0v) is 14.6. The van der Waals surface area contributed by atoms with E-state index >= 15 is 0 Å². The predicted molar refractivity (Wildman–Crippen MR) is 88.1 cm³/mol. The Hall–Kier alpha value is -1.40. The zero-order valence-electron chi connectivity index (χ0n) is 13.8. The molecule has 0 spiro atoms. The van der Waals surface area contributed by atoms with Gasteiger partial charge in [-0.05, 0) is 31.9 Å². The first-order valence-corrected chi connectivity index (χ1v) is 9.14. The summed E-state index contributed by atoms with van der Waals surface area (Å²) >= 11 is 0. The van der Waals surface area contributed by atoms with Gasteiger partial charge < -0.3 is 4.90 Å². The minimum atomic E-state index is -3.68. The number of carbonyl (C=O) groups is 1. The second-order valence-electron chi connectivity index (χ2n) is 5.51. The summed E-state index contributed by atoms with van der Waals surface area (Å²) in [6.45, 7) is 6.38. The molecular weight excluding hydrogens is 300 g/mol. The van der Waals surface area contributed by atoms with Crippen LogP contribution >= 0.6 is 0 Å². The number of aryl methyl sites for hydroxylation is 1. The average molecular weight is 326 g/mol. The molecule has 0 radical (unpaired) electrons. The van der Waals surface area contributed by atoms with Crippen LogP contribution in [0.2, 0.25) is 0 Å². The molecule has 124 valence electrons. The number of nitrogens with zero attached hydrogens (tertiary/aromatic N) is 1. The fourth-order valence-corrected chi connectivity index (χ4v) is 3.33. The average Bonchev–Trinajstić information content (AvgIpc) is 2.50. The zero-order chi connectivity index (χ0) is 16.8. The maximum atomic E-state index is 12.4. The maximum absolute atomic E-state index is 12.4. The normalized spacial score (nSPS) is 12.9. The number of nitrogens with one attached hydrogen (secondary N) is 1. The molecule has 1 N–H and O–H groups in total. The van der Waals surface area contributed by atoms with Gasteiger partial charge in [-0.25, -0.2) is 8.42 Å². The maximum Gasteiger partial charge on any atom is 0.241 e. The van der Waals surface area contributed by atoms with Gasteiger partial charge >= 0.3 is 0 Å². The van der Waals surface area contributed by atoms with Gasteiger partial charge in [0.05, 0.1) is 4.90 Å². The third-order valence-corrected chi connectivity index (χ3v) is 5.05. The van der Waals surface area contributed by atoms with Crippen molar-refractivity contribution in [1.82, 2.24) is 9.62 Å². The van der Waals surface area contributed by atoms with Gasteiger partial charge in [-0.3, -0.25) is 4.79 Å². The largest absolute Gasteiger partial charge is 0.344 e. The van der Waals surface area contributed by atoms with E-state index in [0.29, 0.717) is 13.0 Å². The molecule has 0 aromatic heterocycles. The van der Waals surface area contributed by atoms with Gasteiger partial charge in [0.15, 0.2) is 0 Å². The van der Waals surface area contributed by atoms with E-state index in [2.05, 4.69) is 11.6 Å². The second-order valence-corrected chi connectivity index (χ2v) is 7.22. The molecule has 0 heterocycles. The topological polar surface area (TPSA) is 66.5 Å². The van der Waals surface area contributed by atoms with E-state index in [0.717, 1.165) is 18.4 Å². The number of likely N-dealkylation sites (N-methyl/N-ethyl adjacent to an activating group) is 1. The Morgan fingerprint density at radius 1 is 1.23 bits per heavy atom. The van der Waals surface area contributed by atoms with Crippen molar-refractivity contribution in [3.05, 3.63) is 29.8 Å². The van der Waals surface area contributed by atoms with E-state index in [1.807, 2.05) is 6.92 Å². The smallest absolute Gasteiger partial charge is 0.241 e. The van der Waals surface area contributed by atoms with Crippen molar-refractivity contribution in [2.24, 2.45) is 0 Å². The number of rotatable bonds is 8. The van der Waals surface area contributed by atoms with E-state index in [4.69, 9.17) is 0 Å². The third kappa shape index (κ3) is 5.10. The van der Waals surface area contributed by atoms with Crippen LogP contribution in [0, 0.1) is 6.92 Å². The minimum Gasteiger partial charge on any atom is -0.344 e. The first kappa shape index (κ1) is 18.6. The lowest BCUT2D eigenvalue weighted by atomic mass is 10.2. The van der Waals surface area contributed by atoms with Gasteiger partial charge in [0.1, 0.15) is 6.04 Å². The van der Waals surface area contributed by atoms with Gasteiger partial charge in [0, 0.05) is 13.6 Å². The van der Waals surface area contributed by atoms with Crippen molar-refractivity contribution in [2.45, 2.75) is 51.0 Å². The second kappa shape index (κ2) is 8.29. The number of hydrogen-bond acceptors (Lipinski definition) is 3. The van der Waals surface area contributed by atoms with Crippen molar-refractivity contribution in [2.75, 3.05) is 13.6 Å². The molecule has 1 atom stereocenters. The van der Waals surface area contributed by atoms with E-state index in [1.165, 1.54) is 0 Å². The van der Waals surface area contributed by atoms with Crippen LogP contribution in [0.4, 0.5) is 0 Å². The molecule has 0 saturated heterocycles. The molecule has 0 aliphatic heterocycles. The van der Waals surface area contributed by atoms with Crippen LogP contribution in [0.15, 0.2) is 29.2 Å². The highest BCUT2D eigenvalue weighted by atomic mass is 32.2. The molecule has 1 aromatic carbocycles. The van der Waals surface area contributed by atoms with Gasteiger partial charge in [-0.1, -0.05) is 38.0 Å². The van der Waals surface area contributed by atoms with Crippen LogP contribution in [0.3, 0.4) is 0 Å². The van der Waals surface area contributed by atoms with Gasteiger partial charge in [-0.2, -0.15) is 4.72 Å². The Labute approximate surface area is 133 Å². The van der Waals surface area contributed by atoms with Crippen molar-refractivity contribution < 1.29 is 13.2 Å².